The van der Waals surface area contributed by atoms with Gasteiger partial charge in [0.15, 0.2) is 0 Å². The minimum atomic E-state index is 0.543. The largest absolute Gasteiger partial charge is 0.311 e. The van der Waals surface area contributed by atoms with Gasteiger partial charge in [0, 0.05) is 16.6 Å². The number of benzene rings is 1. The molecule has 0 heterocycles. The second-order valence-corrected chi connectivity index (χ2v) is 6.92. The molecule has 0 aliphatic heterocycles. The molecule has 0 aliphatic rings. The van der Waals surface area contributed by atoms with E-state index in [4.69, 9.17) is 0 Å². The molecule has 2 heteroatoms. The van der Waals surface area contributed by atoms with Crippen molar-refractivity contribution in [1.82, 2.24) is 5.32 Å². The summed E-state index contributed by atoms with van der Waals surface area (Å²) in [5.74, 6) is 0. The lowest BCUT2D eigenvalue weighted by atomic mass is 10.0. The fraction of sp³-hybridized carbons (Fsp3) is 0.667. The average molecular weight is 340 g/mol. The molecular weight excluding hydrogens is 310 g/mol. The van der Waals surface area contributed by atoms with Gasteiger partial charge in [-0.1, -0.05) is 67.1 Å². The molecule has 0 saturated carbocycles. The monoisotopic (exact) mass is 339 g/mol. The Balaban J connectivity index is 2.17. The molecule has 2 atom stereocenters. The van der Waals surface area contributed by atoms with Crippen LogP contribution in [0.4, 0.5) is 0 Å². The SMILES string of the molecule is CCCCCCCC(C)NC(C)Cc1ccc(Br)cc1. The second kappa shape index (κ2) is 10.4. The van der Waals surface area contributed by atoms with Crippen LogP contribution in [0, 0.1) is 0 Å². The third-order valence-corrected chi connectivity index (χ3v) is 4.29. The topological polar surface area (TPSA) is 12.0 Å². The van der Waals surface area contributed by atoms with E-state index >= 15 is 0 Å². The molecule has 0 fully saturated rings. The molecule has 0 bridgehead atoms. The van der Waals surface area contributed by atoms with Crippen LogP contribution in [-0.2, 0) is 6.42 Å². The summed E-state index contributed by atoms with van der Waals surface area (Å²) >= 11 is 3.48. The molecule has 1 nitrogen and oxygen atoms in total. The van der Waals surface area contributed by atoms with Gasteiger partial charge < -0.3 is 5.32 Å². The Bertz CT molecular complexity index is 347. The molecule has 20 heavy (non-hydrogen) atoms. The molecule has 1 aromatic rings. The van der Waals surface area contributed by atoms with Crippen molar-refractivity contribution in [2.45, 2.75) is 77.8 Å². The third kappa shape index (κ3) is 8.06. The average Bonchev–Trinajstić information content (AvgIpc) is 2.41. The van der Waals surface area contributed by atoms with Gasteiger partial charge in [0.05, 0.1) is 0 Å². The van der Waals surface area contributed by atoms with Gasteiger partial charge in [0.1, 0.15) is 0 Å². The quantitative estimate of drug-likeness (QED) is 0.537. The number of rotatable bonds is 10. The van der Waals surface area contributed by atoms with Gasteiger partial charge in [0.25, 0.3) is 0 Å². The molecule has 0 spiro atoms. The van der Waals surface area contributed by atoms with Crippen LogP contribution >= 0.6 is 15.9 Å². The molecule has 0 amide bonds. The van der Waals surface area contributed by atoms with Crippen molar-refractivity contribution in [3.05, 3.63) is 34.3 Å². The van der Waals surface area contributed by atoms with Crippen molar-refractivity contribution in [1.29, 1.82) is 0 Å². The lowest BCUT2D eigenvalue weighted by molar-refractivity contribution is 0.427. The first-order chi connectivity index (χ1) is 9.61. The number of hydrogen-bond donors (Lipinski definition) is 1. The summed E-state index contributed by atoms with van der Waals surface area (Å²) in [6, 6.07) is 9.83. The smallest absolute Gasteiger partial charge is 0.0175 e. The van der Waals surface area contributed by atoms with Crippen LogP contribution in [0.1, 0.15) is 64.9 Å². The van der Waals surface area contributed by atoms with Crippen LogP contribution in [0.2, 0.25) is 0 Å². The Morgan fingerprint density at radius 3 is 2.25 bits per heavy atom. The van der Waals surface area contributed by atoms with Gasteiger partial charge in [-0.05, 0) is 44.4 Å². The highest BCUT2D eigenvalue weighted by Crippen LogP contribution is 2.13. The highest BCUT2D eigenvalue weighted by atomic mass is 79.9. The molecule has 1 aromatic carbocycles. The summed E-state index contributed by atoms with van der Waals surface area (Å²) in [5, 5.41) is 3.72. The minimum Gasteiger partial charge on any atom is -0.311 e. The molecule has 0 aromatic heterocycles. The third-order valence-electron chi connectivity index (χ3n) is 3.76. The zero-order valence-electron chi connectivity index (χ0n) is 13.3. The molecular formula is C18H30BrN. The predicted molar refractivity (Wildman–Crippen MR) is 93.3 cm³/mol. The van der Waals surface area contributed by atoms with Crippen LogP contribution in [0.5, 0.6) is 0 Å². The van der Waals surface area contributed by atoms with E-state index in [1.807, 2.05) is 0 Å². The molecule has 114 valence electrons. The van der Waals surface area contributed by atoms with Gasteiger partial charge in [-0.25, -0.2) is 0 Å². The van der Waals surface area contributed by atoms with E-state index in [1.54, 1.807) is 0 Å². The second-order valence-electron chi connectivity index (χ2n) is 6.00. The number of halogens is 1. The Morgan fingerprint density at radius 2 is 1.60 bits per heavy atom. The van der Waals surface area contributed by atoms with Gasteiger partial charge in [-0.2, -0.15) is 0 Å². The van der Waals surface area contributed by atoms with E-state index in [-0.39, 0.29) is 0 Å². The Kier molecular flexibility index (Phi) is 9.21. The number of unbranched alkanes of at least 4 members (excludes halogenated alkanes) is 4. The molecule has 0 radical (unpaired) electrons. The van der Waals surface area contributed by atoms with Crippen LogP contribution in [-0.4, -0.2) is 12.1 Å². The Labute approximate surface area is 133 Å². The fourth-order valence-electron chi connectivity index (χ4n) is 2.66. The first-order valence-corrected chi connectivity index (χ1v) is 8.91. The van der Waals surface area contributed by atoms with Crippen molar-refractivity contribution in [3.8, 4) is 0 Å². The van der Waals surface area contributed by atoms with Gasteiger partial charge in [-0.15, -0.1) is 0 Å². The lowest BCUT2D eigenvalue weighted by Crippen LogP contribution is -2.35. The molecule has 1 N–H and O–H groups in total. The Hall–Kier alpha value is -0.340. The molecule has 2 unspecified atom stereocenters. The van der Waals surface area contributed by atoms with Gasteiger partial charge in [0.2, 0.25) is 0 Å². The molecule has 0 aliphatic carbocycles. The van der Waals surface area contributed by atoms with Gasteiger partial charge >= 0.3 is 0 Å². The highest BCUT2D eigenvalue weighted by molar-refractivity contribution is 9.10. The number of nitrogens with one attached hydrogen (secondary N) is 1. The summed E-state index contributed by atoms with van der Waals surface area (Å²) in [7, 11) is 0. The van der Waals surface area contributed by atoms with E-state index in [9.17, 15) is 0 Å². The van der Waals surface area contributed by atoms with Crippen molar-refractivity contribution in [2.75, 3.05) is 0 Å². The first kappa shape index (κ1) is 17.7. The summed E-state index contributed by atoms with van der Waals surface area (Å²) in [6.07, 6.45) is 9.28. The van der Waals surface area contributed by atoms with E-state index < -0.39 is 0 Å². The lowest BCUT2D eigenvalue weighted by Gasteiger charge is -2.20. The first-order valence-electron chi connectivity index (χ1n) is 8.12. The maximum absolute atomic E-state index is 3.72. The minimum absolute atomic E-state index is 0.543. The zero-order valence-corrected chi connectivity index (χ0v) is 14.9. The molecule has 1 rings (SSSR count). The fourth-order valence-corrected chi connectivity index (χ4v) is 2.92. The van der Waals surface area contributed by atoms with E-state index in [0.29, 0.717) is 12.1 Å². The Morgan fingerprint density at radius 1 is 0.950 bits per heavy atom. The van der Waals surface area contributed by atoms with E-state index in [2.05, 4.69) is 66.3 Å². The van der Waals surface area contributed by atoms with E-state index in [0.717, 1.165) is 10.9 Å². The summed E-state index contributed by atoms with van der Waals surface area (Å²) < 4.78 is 1.15. The zero-order chi connectivity index (χ0) is 14.8. The maximum Gasteiger partial charge on any atom is 0.0175 e. The van der Waals surface area contributed by atoms with Crippen molar-refractivity contribution < 1.29 is 0 Å². The standard InChI is InChI=1S/C18H30BrN/c1-4-5-6-7-8-9-15(2)20-16(3)14-17-10-12-18(19)13-11-17/h10-13,15-16,20H,4-9,14H2,1-3H3. The van der Waals surface area contributed by atoms with Crippen molar-refractivity contribution in [2.24, 2.45) is 0 Å². The summed E-state index contributed by atoms with van der Waals surface area (Å²) in [6.45, 7) is 6.88. The van der Waals surface area contributed by atoms with Crippen molar-refractivity contribution in [3.63, 3.8) is 0 Å². The molecule has 0 saturated heterocycles. The van der Waals surface area contributed by atoms with Gasteiger partial charge in [-0.3, -0.25) is 0 Å². The summed E-state index contributed by atoms with van der Waals surface area (Å²) in [5.41, 5.74) is 1.41. The van der Waals surface area contributed by atoms with Crippen LogP contribution in [0.25, 0.3) is 0 Å². The van der Waals surface area contributed by atoms with Crippen LogP contribution in [0.15, 0.2) is 28.7 Å². The van der Waals surface area contributed by atoms with Crippen LogP contribution < -0.4 is 5.32 Å². The maximum atomic E-state index is 3.72. The van der Waals surface area contributed by atoms with Crippen molar-refractivity contribution >= 4 is 15.9 Å². The summed E-state index contributed by atoms with van der Waals surface area (Å²) in [4.78, 5) is 0. The normalized spacial score (nSPS) is 14.2. The highest BCUT2D eigenvalue weighted by Gasteiger charge is 2.08. The van der Waals surface area contributed by atoms with E-state index in [1.165, 1.54) is 44.1 Å². The number of hydrogen-bond acceptors (Lipinski definition) is 1. The van der Waals surface area contributed by atoms with Crippen LogP contribution in [0.3, 0.4) is 0 Å². The predicted octanol–water partition coefficient (Wildman–Crippen LogP) is 5.72.